The molecule has 0 radical (unpaired) electrons. The zero-order chi connectivity index (χ0) is 14.5. The molecule has 1 saturated heterocycles. The third-order valence-corrected chi connectivity index (χ3v) is 3.80. The van der Waals surface area contributed by atoms with Gasteiger partial charge in [-0.15, -0.1) is 0 Å². The van der Waals surface area contributed by atoms with Crippen LogP contribution >= 0.6 is 0 Å². The summed E-state index contributed by atoms with van der Waals surface area (Å²) in [6, 6.07) is 10.0. The Hall–Kier alpha value is -1.84. The van der Waals surface area contributed by atoms with E-state index in [9.17, 15) is 9.59 Å². The van der Waals surface area contributed by atoms with E-state index in [1.54, 1.807) is 4.90 Å². The standard InChI is InChI=1S/C16H22N2O2/c1-3-12(2)17-16(20)14-9-15(19)18(11-14)10-13-7-5-4-6-8-13/h4-8,12,14H,3,9-11H2,1-2H3,(H,17,20). The number of amides is 2. The van der Waals surface area contributed by atoms with Crippen molar-refractivity contribution in [1.82, 2.24) is 10.2 Å². The van der Waals surface area contributed by atoms with Gasteiger partial charge >= 0.3 is 0 Å². The number of carbonyl (C=O) groups is 2. The van der Waals surface area contributed by atoms with E-state index in [2.05, 4.69) is 5.32 Å². The van der Waals surface area contributed by atoms with Crippen molar-refractivity contribution >= 4 is 11.8 Å². The highest BCUT2D eigenvalue weighted by Gasteiger charge is 2.34. The molecule has 0 bridgehead atoms. The molecule has 2 rings (SSSR count). The maximum atomic E-state index is 12.1. The largest absolute Gasteiger partial charge is 0.353 e. The summed E-state index contributed by atoms with van der Waals surface area (Å²) < 4.78 is 0. The van der Waals surface area contributed by atoms with Gasteiger partial charge in [-0.1, -0.05) is 37.3 Å². The fourth-order valence-corrected chi connectivity index (χ4v) is 2.37. The molecule has 2 atom stereocenters. The van der Waals surface area contributed by atoms with Gasteiger partial charge in [-0.25, -0.2) is 0 Å². The lowest BCUT2D eigenvalue weighted by Gasteiger charge is -2.18. The molecular weight excluding hydrogens is 252 g/mol. The Kier molecular flexibility index (Phi) is 4.77. The number of hydrogen-bond acceptors (Lipinski definition) is 2. The molecule has 108 valence electrons. The Morgan fingerprint density at radius 2 is 2.10 bits per heavy atom. The van der Waals surface area contributed by atoms with Gasteiger partial charge in [-0.3, -0.25) is 9.59 Å². The van der Waals surface area contributed by atoms with E-state index in [0.29, 0.717) is 19.5 Å². The predicted molar refractivity (Wildman–Crippen MR) is 77.9 cm³/mol. The van der Waals surface area contributed by atoms with E-state index in [0.717, 1.165) is 12.0 Å². The highest BCUT2D eigenvalue weighted by molar-refractivity contribution is 5.89. The van der Waals surface area contributed by atoms with Crippen LogP contribution in [0.3, 0.4) is 0 Å². The molecule has 4 nitrogen and oxygen atoms in total. The van der Waals surface area contributed by atoms with Gasteiger partial charge in [0.05, 0.1) is 5.92 Å². The Labute approximate surface area is 120 Å². The van der Waals surface area contributed by atoms with Crippen molar-refractivity contribution < 1.29 is 9.59 Å². The quantitative estimate of drug-likeness (QED) is 0.892. The summed E-state index contributed by atoms with van der Waals surface area (Å²) in [6.07, 6.45) is 1.23. The second-order valence-corrected chi connectivity index (χ2v) is 5.48. The van der Waals surface area contributed by atoms with E-state index < -0.39 is 0 Å². The number of likely N-dealkylation sites (tertiary alicyclic amines) is 1. The average Bonchev–Trinajstić information content (AvgIpc) is 2.81. The van der Waals surface area contributed by atoms with Crippen molar-refractivity contribution in [3.63, 3.8) is 0 Å². The van der Waals surface area contributed by atoms with Gasteiger partial charge in [0.2, 0.25) is 11.8 Å². The summed E-state index contributed by atoms with van der Waals surface area (Å²) in [4.78, 5) is 25.8. The summed E-state index contributed by atoms with van der Waals surface area (Å²) >= 11 is 0. The monoisotopic (exact) mass is 274 g/mol. The molecule has 0 saturated carbocycles. The van der Waals surface area contributed by atoms with Gasteiger partial charge in [0.15, 0.2) is 0 Å². The molecule has 20 heavy (non-hydrogen) atoms. The van der Waals surface area contributed by atoms with Crippen molar-refractivity contribution in [3.8, 4) is 0 Å². The molecule has 2 amide bonds. The molecule has 4 heteroatoms. The normalized spacial score (nSPS) is 20.0. The smallest absolute Gasteiger partial charge is 0.225 e. The van der Waals surface area contributed by atoms with Crippen molar-refractivity contribution in [3.05, 3.63) is 35.9 Å². The molecule has 1 aromatic rings. The lowest BCUT2D eigenvalue weighted by atomic mass is 10.1. The second-order valence-electron chi connectivity index (χ2n) is 5.48. The minimum absolute atomic E-state index is 0.00302. The SMILES string of the molecule is CCC(C)NC(=O)C1CC(=O)N(Cc2ccccc2)C1. The van der Waals surface area contributed by atoms with Crippen LogP contribution < -0.4 is 5.32 Å². The minimum atomic E-state index is -0.208. The van der Waals surface area contributed by atoms with Crippen molar-refractivity contribution in [2.45, 2.75) is 39.3 Å². The van der Waals surface area contributed by atoms with Crippen molar-refractivity contribution in [2.24, 2.45) is 5.92 Å². The van der Waals surface area contributed by atoms with E-state index in [-0.39, 0.29) is 23.8 Å². The van der Waals surface area contributed by atoms with E-state index in [1.807, 2.05) is 44.2 Å². The highest BCUT2D eigenvalue weighted by Crippen LogP contribution is 2.20. The number of rotatable bonds is 5. The molecule has 0 aliphatic carbocycles. The summed E-state index contributed by atoms with van der Waals surface area (Å²) in [7, 11) is 0. The molecule has 1 aliphatic heterocycles. The first-order valence-electron chi connectivity index (χ1n) is 7.22. The number of nitrogens with one attached hydrogen (secondary N) is 1. The first-order valence-corrected chi connectivity index (χ1v) is 7.22. The summed E-state index contributed by atoms with van der Waals surface area (Å²) in [6.45, 7) is 5.13. The Bertz CT molecular complexity index is 473. The van der Waals surface area contributed by atoms with E-state index in [1.165, 1.54) is 0 Å². The molecule has 1 aliphatic rings. The maximum Gasteiger partial charge on any atom is 0.225 e. The van der Waals surface area contributed by atoms with Crippen LogP contribution in [0.2, 0.25) is 0 Å². The van der Waals surface area contributed by atoms with E-state index in [4.69, 9.17) is 0 Å². The lowest BCUT2D eigenvalue weighted by Crippen LogP contribution is -2.38. The van der Waals surface area contributed by atoms with Crippen molar-refractivity contribution in [2.75, 3.05) is 6.54 Å². The molecule has 1 aromatic carbocycles. The van der Waals surface area contributed by atoms with E-state index >= 15 is 0 Å². The highest BCUT2D eigenvalue weighted by atomic mass is 16.2. The van der Waals surface area contributed by atoms with Crippen LogP contribution in [-0.4, -0.2) is 29.3 Å². The molecule has 0 aromatic heterocycles. The molecule has 1 fully saturated rings. The van der Waals surface area contributed by atoms with Gasteiger partial charge in [-0.2, -0.15) is 0 Å². The Balaban J connectivity index is 1.92. The molecule has 0 spiro atoms. The maximum absolute atomic E-state index is 12.1. The first-order chi connectivity index (χ1) is 9.60. The van der Waals surface area contributed by atoms with Crippen molar-refractivity contribution in [1.29, 1.82) is 0 Å². The average molecular weight is 274 g/mol. The summed E-state index contributed by atoms with van der Waals surface area (Å²) in [5, 5.41) is 2.96. The number of carbonyl (C=O) groups excluding carboxylic acids is 2. The predicted octanol–water partition coefficient (Wildman–Crippen LogP) is 1.95. The third kappa shape index (κ3) is 3.59. The second kappa shape index (κ2) is 6.55. The fraction of sp³-hybridized carbons (Fsp3) is 0.500. The first kappa shape index (κ1) is 14.6. The molecule has 1 N–H and O–H groups in total. The molecule has 2 unspecified atom stereocenters. The van der Waals surface area contributed by atoms with Crippen LogP contribution in [0, 0.1) is 5.92 Å². The van der Waals surface area contributed by atoms with Gasteiger partial charge in [0, 0.05) is 25.6 Å². The van der Waals surface area contributed by atoms with Crippen LogP contribution in [0.15, 0.2) is 30.3 Å². The molecular formula is C16H22N2O2. The van der Waals surface area contributed by atoms with Crippen LogP contribution in [0.1, 0.15) is 32.3 Å². The summed E-state index contributed by atoms with van der Waals surface area (Å²) in [5.74, 6) is -0.137. The van der Waals surface area contributed by atoms with Gasteiger partial charge < -0.3 is 10.2 Å². The third-order valence-electron chi connectivity index (χ3n) is 3.80. The van der Waals surface area contributed by atoms with Gasteiger partial charge in [0.1, 0.15) is 0 Å². The number of nitrogens with zero attached hydrogens (tertiary/aromatic N) is 1. The summed E-state index contributed by atoms with van der Waals surface area (Å²) in [5.41, 5.74) is 1.10. The zero-order valence-corrected chi connectivity index (χ0v) is 12.1. The number of benzene rings is 1. The lowest BCUT2D eigenvalue weighted by molar-refractivity contribution is -0.129. The minimum Gasteiger partial charge on any atom is -0.353 e. The molecule has 1 heterocycles. The fourth-order valence-electron chi connectivity index (χ4n) is 2.37. The zero-order valence-electron chi connectivity index (χ0n) is 12.1. The number of hydrogen-bond donors (Lipinski definition) is 1. The van der Waals surface area contributed by atoms with Crippen LogP contribution in [0.5, 0.6) is 0 Å². The van der Waals surface area contributed by atoms with Gasteiger partial charge in [-0.05, 0) is 18.9 Å². The Morgan fingerprint density at radius 1 is 1.40 bits per heavy atom. The Morgan fingerprint density at radius 3 is 2.75 bits per heavy atom. The van der Waals surface area contributed by atoms with Crippen LogP contribution in [-0.2, 0) is 16.1 Å². The topological polar surface area (TPSA) is 49.4 Å². The van der Waals surface area contributed by atoms with Gasteiger partial charge in [0.25, 0.3) is 0 Å². The van der Waals surface area contributed by atoms with Crippen LogP contribution in [0.4, 0.5) is 0 Å². The van der Waals surface area contributed by atoms with Crippen LogP contribution in [0.25, 0.3) is 0 Å².